The number of para-hydroxylation sites is 1. The number of nitrogens with one attached hydrogen (secondary N) is 1. The van der Waals surface area contributed by atoms with Crippen LogP contribution in [0, 0.1) is 0 Å². The van der Waals surface area contributed by atoms with Gasteiger partial charge in [0.05, 0.1) is 31.5 Å². The molecule has 0 amide bonds. The molecule has 0 aliphatic heterocycles. The Morgan fingerprint density at radius 3 is 2.25 bits per heavy atom. The second-order valence-electron chi connectivity index (χ2n) is 5.32. The molecule has 28 heavy (non-hydrogen) atoms. The van der Waals surface area contributed by atoms with E-state index in [1.165, 1.54) is 0 Å². The van der Waals surface area contributed by atoms with Crippen molar-refractivity contribution in [3.8, 4) is 11.5 Å². The third kappa shape index (κ3) is 5.50. The number of hydrogen-bond acceptors (Lipinski definition) is 6. The molecule has 2 aromatic rings. The fourth-order valence-electron chi connectivity index (χ4n) is 2.09. The number of alkyl halides is 3. The van der Waals surface area contributed by atoms with Crippen LogP contribution in [0.5, 0.6) is 11.5 Å². The van der Waals surface area contributed by atoms with Gasteiger partial charge in [0.15, 0.2) is 5.75 Å². The molecule has 0 aliphatic carbocycles. The molecule has 148 valence electrons. The lowest BCUT2D eigenvalue weighted by Gasteiger charge is -2.16. The van der Waals surface area contributed by atoms with Gasteiger partial charge in [-0.15, -0.1) is 0 Å². The van der Waals surface area contributed by atoms with Gasteiger partial charge >= 0.3 is 18.1 Å². The van der Waals surface area contributed by atoms with Crippen molar-refractivity contribution in [1.82, 2.24) is 0 Å². The Balaban J connectivity index is 2.49. The van der Waals surface area contributed by atoms with Crippen LogP contribution in [0.2, 0.25) is 0 Å². The maximum absolute atomic E-state index is 13.1. The Bertz CT molecular complexity index is 879. The summed E-state index contributed by atoms with van der Waals surface area (Å²) in [6.07, 6.45) is -3.86. The van der Waals surface area contributed by atoms with Crippen molar-refractivity contribution >= 4 is 17.6 Å². The topological polar surface area (TPSA) is 73.9 Å². The number of benzene rings is 2. The minimum Gasteiger partial charge on any atom is -0.466 e. The van der Waals surface area contributed by atoms with E-state index >= 15 is 0 Å². The number of hydrogen-bond donors (Lipinski definition) is 1. The van der Waals surface area contributed by atoms with E-state index in [9.17, 15) is 22.8 Å². The zero-order chi connectivity index (χ0) is 20.7. The first-order valence-corrected chi connectivity index (χ1v) is 7.83. The van der Waals surface area contributed by atoms with Gasteiger partial charge in [0.2, 0.25) is 0 Å². The SMILES string of the molecule is COC(=O)/C=C(/Nc1cc(C(F)(F)F)ccc1Oc1ccccc1)C(=O)OC. The molecule has 0 fully saturated rings. The zero-order valence-corrected chi connectivity index (χ0v) is 14.9. The minimum absolute atomic E-state index is 0.00105. The first kappa shape index (κ1) is 20.8. The summed E-state index contributed by atoms with van der Waals surface area (Å²) in [6.45, 7) is 0. The number of esters is 2. The van der Waals surface area contributed by atoms with Gasteiger partial charge in [-0.05, 0) is 30.3 Å². The van der Waals surface area contributed by atoms with Crippen LogP contribution in [0.1, 0.15) is 5.56 Å². The monoisotopic (exact) mass is 395 g/mol. The summed E-state index contributed by atoms with van der Waals surface area (Å²) in [5.41, 5.74) is -1.59. The first-order chi connectivity index (χ1) is 13.2. The molecule has 0 atom stereocenters. The molecule has 0 aromatic heterocycles. The summed E-state index contributed by atoms with van der Waals surface area (Å²) in [5, 5.41) is 2.46. The molecule has 0 aliphatic rings. The van der Waals surface area contributed by atoms with E-state index in [0.29, 0.717) is 5.75 Å². The molecule has 0 saturated carbocycles. The number of halogens is 3. The summed E-state index contributed by atoms with van der Waals surface area (Å²) in [6, 6.07) is 11.0. The molecule has 2 rings (SSSR count). The lowest BCUT2D eigenvalue weighted by molar-refractivity contribution is -0.138. The van der Waals surface area contributed by atoms with Gasteiger partial charge in [-0.2, -0.15) is 13.2 Å². The molecule has 0 unspecified atom stereocenters. The fourth-order valence-corrected chi connectivity index (χ4v) is 2.09. The third-order valence-corrected chi connectivity index (χ3v) is 3.42. The normalized spacial score (nSPS) is 11.5. The van der Waals surface area contributed by atoms with Crippen LogP contribution in [0.15, 0.2) is 60.3 Å². The highest BCUT2D eigenvalue weighted by atomic mass is 19.4. The molecule has 6 nitrogen and oxygen atoms in total. The number of ether oxygens (including phenoxy) is 3. The molecular formula is C19H16F3NO5. The molecular weight excluding hydrogens is 379 g/mol. The van der Waals surface area contributed by atoms with E-state index in [2.05, 4.69) is 14.8 Å². The number of carbonyl (C=O) groups excluding carboxylic acids is 2. The predicted octanol–water partition coefficient (Wildman–Crippen LogP) is 4.14. The van der Waals surface area contributed by atoms with E-state index < -0.39 is 29.4 Å². The smallest absolute Gasteiger partial charge is 0.416 e. The number of rotatable bonds is 6. The Morgan fingerprint density at radius 2 is 1.68 bits per heavy atom. The fraction of sp³-hybridized carbons (Fsp3) is 0.158. The summed E-state index contributed by atoms with van der Waals surface area (Å²) in [5.74, 6) is -1.51. The summed E-state index contributed by atoms with van der Waals surface area (Å²) in [4.78, 5) is 23.4. The van der Waals surface area contributed by atoms with Crippen LogP contribution in [0.25, 0.3) is 0 Å². The number of methoxy groups -OCH3 is 2. The van der Waals surface area contributed by atoms with Crippen LogP contribution in [0.3, 0.4) is 0 Å². The van der Waals surface area contributed by atoms with Crippen molar-refractivity contribution in [3.05, 3.63) is 65.9 Å². The Hall–Kier alpha value is -3.49. The van der Waals surface area contributed by atoms with Gasteiger partial charge in [0.1, 0.15) is 11.4 Å². The average molecular weight is 395 g/mol. The van der Waals surface area contributed by atoms with Gasteiger partial charge in [-0.3, -0.25) is 0 Å². The zero-order valence-electron chi connectivity index (χ0n) is 14.9. The average Bonchev–Trinajstić information content (AvgIpc) is 2.67. The molecule has 9 heteroatoms. The van der Waals surface area contributed by atoms with Crippen LogP contribution >= 0.6 is 0 Å². The van der Waals surface area contributed by atoms with Crippen LogP contribution < -0.4 is 10.1 Å². The molecule has 0 saturated heterocycles. The Kier molecular flexibility index (Phi) is 6.64. The molecule has 0 spiro atoms. The maximum atomic E-state index is 13.1. The molecule has 0 radical (unpaired) electrons. The van der Waals surface area contributed by atoms with Gasteiger partial charge in [0.25, 0.3) is 0 Å². The van der Waals surface area contributed by atoms with Crippen molar-refractivity contribution in [2.45, 2.75) is 6.18 Å². The quantitative estimate of drug-likeness (QED) is 0.585. The van der Waals surface area contributed by atoms with Gasteiger partial charge in [-0.1, -0.05) is 18.2 Å². The number of anilines is 1. The summed E-state index contributed by atoms with van der Waals surface area (Å²) >= 11 is 0. The minimum atomic E-state index is -4.63. The van der Waals surface area contributed by atoms with Gasteiger partial charge in [-0.25, -0.2) is 9.59 Å². The molecule has 0 heterocycles. The Morgan fingerprint density at radius 1 is 1.00 bits per heavy atom. The van der Waals surface area contributed by atoms with Crippen molar-refractivity contribution in [3.63, 3.8) is 0 Å². The third-order valence-electron chi connectivity index (χ3n) is 3.42. The van der Waals surface area contributed by atoms with Crippen molar-refractivity contribution < 1.29 is 37.0 Å². The van der Waals surface area contributed by atoms with Gasteiger partial charge in [0, 0.05) is 0 Å². The van der Waals surface area contributed by atoms with Crippen molar-refractivity contribution in [2.75, 3.05) is 19.5 Å². The molecule has 1 N–H and O–H groups in total. The molecule has 0 bridgehead atoms. The van der Waals surface area contributed by atoms with Crippen molar-refractivity contribution in [2.24, 2.45) is 0 Å². The first-order valence-electron chi connectivity index (χ1n) is 7.83. The maximum Gasteiger partial charge on any atom is 0.416 e. The lowest BCUT2D eigenvalue weighted by atomic mass is 10.1. The summed E-state index contributed by atoms with van der Waals surface area (Å²) in [7, 11) is 2.14. The van der Waals surface area contributed by atoms with Crippen LogP contribution in [0.4, 0.5) is 18.9 Å². The van der Waals surface area contributed by atoms with E-state index in [4.69, 9.17) is 4.74 Å². The van der Waals surface area contributed by atoms with Crippen molar-refractivity contribution in [1.29, 1.82) is 0 Å². The van der Waals surface area contributed by atoms with Crippen LogP contribution in [-0.2, 0) is 25.2 Å². The highest BCUT2D eigenvalue weighted by Crippen LogP contribution is 2.37. The van der Waals surface area contributed by atoms with E-state index in [1.807, 2.05) is 0 Å². The van der Waals surface area contributed by atoms with E-state index in [1.54, 1.807) is 30.3 Å². The molecule has 2 aromatic carbocycles. The highest BCUT2D eigenvalue weighted by Gasteiger charge is 2.31. The van der Waals surface area contributed by atoms with Gasteiger partial charge < -0.3 is 19.5 Å². The van der Waals surface area contributed by atoms with Crippen LogP contribution in [-0.4, -0.2) is 26.2 Å². The van der Waals surface area contributed by atoms with E-state index in [0.717, 1.165) is 38.5 Å². The highest BCUT2D eigenvalue weighted by molar-refractivity contribution is 5.99. The Labute approximate surface area is 158 Å². The standard InChI is InChI=1S/C19H16F3NO5/c1-26-17(24)11-15(18(25)27-2)23-14-10-12(19(20,21)22)8-9-16(14)28-13-6-4-3-5-7-13/h3-11,23H,1-2H3/b15-11+. The van der Waals surface area contributed by atoms with E-state index in [-0.39, 0.29) is 11.4 Å². The second kappa shape index (κ2) is 8.94. The summed E-state index contributed by atoms with van der Waals surface area (Å²) < 4.78 is 53.9. The largest absolute Gasteiger partial charge is 0.466 e. The number of carbonyl (C=O) groups is 2. The lowest BCUT2D eigenvalue weighted by Crippen LogP contribution is -2.16. The predicted molar refractivity (Wildman–Crippen MR) is 93.7 cm³/mol. The second-order valence-corrected chi connectivity index (χ2v) is 5.32.